The largest absolute Gasteiger partial charge is 0.416 e. The average molecular weight is 405 g/mol. The van der Waals surface area contributed by atoms with E-state index < -0.39 is 0 Å². The molecule has 0 fully saturated rings. The van der Waals surface area contributed by atoms with Gasteiger partial charge in [0.1, 0.15) is 0 Å². The summed E-state index contributed by atoms with van der Waals surface area (Å²) in [5.74, 6) is 0.864. The van der Waals surface area contributed by atoms with E-state index in [0.29, 0.717) is 28.2 Å². The van der Waals surface area contributed by atoms with Crippen LogP contribution in [0, 0.1) is 6.92 Å². The SMILES string of the molecule is Cc1ccc(NC(=O)Nc2ccc(-c3nnc(-c4ccccc4)o3)cc2)c(Cl)c1. The smallest absolute Gasteiger partial charge is 0.323 e. The van der Waals surface area contributed by atoms with Gasteiger partial charge in [-0.05, 0) is 61.0 Å². The van der Waals surface area contributed by atoms with E-state index in [1.807, 2.05) is 43.3 Å². The van der Waals surface area contributed by atoms with Gasteiger partial charge in [-0.15, -0.1) is 10.2 Å². The van der Waals surface area contributed by atoms with Crippen molar-refractivity contribution in [1.29, 1.82) is 0 Å². The van der Waals surface area contributed by atoms with E-state index in [0.717, 1.165) is 16.7 Å². The van der Waals surface area contributed by atoms with Crippen LogP contribution in [0.25, 0.3) is 22.9 Å². The highest BCUT2D eigenvalue weighted by Gasteiger charge is 2.11. The fourth-order valence-corrected chi connectivity index (χ4v) is 3.02. The fraction of sp³-hybridized carbons (Fsp3) is 0.0455. The molecule has 0 unspecified atom stereocenters. The Bertz CT molecular complexity index is 1140. The summed E-state index contributed by atoms with van der Waals surface area (Å²) in [7, 11) is 0. The zero-order valence-corrected chi connectivity index (χ0v) is 16.3. The normalized spacial score (nSPS) is 10.6. The molecule has 0 aliphatic rings. The zero-order chi connectivity index (χ0) is 20.2. The number of halogens is 1. The second-order valence-electron chi connectivity index (χ2n) is 6.42. The Balaban J connectivity index is 1.43. The second-order valence-corrected chi connectivity index (χ2v) is 6.83. The number of hydrogen-bond acceptors (Lipinski definition) is 4. The molecule has 0 bridgehead atoms. The third kappa shape index (κ3) is 4.44. The van der Waals surface area contributed by atoms with Crippen LogP contribution in [0.2, 0.25) is 5.02 Å². The summed E-state index contributed by atoms with van der Waals surface area (Å²) < 4.78 is 5.74. The highest BCUT2D eigenvalue weighted by Crippen LogP contribution is 2.25. The average Bonchev–Trinajstić information content (AvgIpc) is 3.22. The Morgan fingerprint density at radius 1 is 0.862 bits per heavy atom. The molecule has 4 rings (SSSR count). The molecule has 0 spiro atoms. The minimum Gasteiger partial charge on any atom is -0.416 e. The summed E-state index contributed by atoms with van der Waals surface area (Å²) in [6, 6.07) is 21.7. The number of anilines is 2. The molecule has 6 nitrogen and oxygen atoms in total. The molecule has 2 N–H and O–H groups in total. The van der Waals surface area contributed by atoms with Gasteiger partial charge in [0, 0.05) is 16.8 Å². The molecule has 144 valence electrons. The van der Waals surface area contributed by atoms with Crippen LogP contribution in [0.1, 0.15) is 5.56 Å². The van der Waals surface area contributed by atoms with Crippen LogP contribution in [0.15, 0.2) is 77.2 Å². The first-order valence-electron chi connectivity index (χ1n) is 8.92. The molecule has 2 amide bonds. The first kappa shape index (κ1) is 18.7. The monoisotopic (exact) mass is 404 g/mol. The highest BCUT2D eigenvalue weighted by atomic mass is 35.5. The number of hydrogen-bond donors (Lipinski definition) is 2. The van der Waals surface area contributed by atoms with Crippen molar-refractivity contribution >= 4 is 29.0 Å². The summed E-state index contributed by atoms with van der Waals surface area (Å²) in [4.78, 5) is 12.2. The third-order valence-electron chi connectivity index (χ3n) is 4.21. The molecule has 0 aliphatic carbocycles. The van der Waals surface area contributed by atoms with Gasteiger partial charge in [-0.25, -0.2) is 4.79 Å². The molecule has 4 aromatic rings. The van der Waals surface area contributed by atoms with Gasteiger partial charge in [-0.2, -0.15) is 0 Å². The van der Waals surface area contributed by atoms with Gasteiger partial charge in [0.2, 0.25) is 11.8 Å². The molecule has 0 saturated carbocycles. The lowest BCUT2D eigenvalue weighted by molar-refractivity contribution is 0.262. The van der Waals surface area contributed by atoms with E-state index in [9.17, 15) is 4.79 Å². The molecule has 29 heavy (non-hydrogen) atoms. The topological polar surface area (TPSA) is 80.0 Å². The first-order valence-corrected chi connectivity index (χ1v) is 9.30. The quantitative estimate of drug-likeness (QED) is 0.436. The van der Waals surface area contributed by atoms with Gasteiger partial charge in [0.25, 0.3) is 0 Å². The lowest BCUT2D eigenvalue weighted by atomic mass is 10.2. The van der Waals surface area contributed by atoms with E-state index in [-0.39, 0.29) is 6.03 Å². The number of urea groups is 1. The Kier molecular flexibility index (Phi) is 5.27. The summed E-state index contributed by atoms with van der Waals surface area (Å²) in [6.45, 7) is 1.93. The Morgan fingerprint density at radius 2 is 1.52 bits per heavy atom. The van der Waals surface area contributed by atoms with Gasteiger partial charge >= 0.3 is 6.03 Å². The molecule has 1 aromatic heterocycles. The van der Waals surface area contributed by atoms with Crippen molar-refractivity contribution in [3.05, 3.63) is 83.4 Å². The van der Waals surface area contributed by atoms with Gasteiger partial charge in [-0.1, -0.05) is 35.9 Å². The number of aromatic nitrogens is 2. The molecular formula is C22H17ClN4O2. The van der Waals surface area contributed by atoms with Crippen molar-refractivity contribution in [1.82, 2.24) is 10.2 Å². The van der Waals surface area contributed by atoms with Crippen LogP contribution in [-0.4, -0.2) is 16.2 Å². The van der Waals surface area contributed by atoms with Crippen LogP contribution in [0.4, 0.5) is 16.2 Å². The van der Waals surface area contributed by atoms with Gasteiger partial charge < -0.3 is 15.1 Å². The third-order valence-corrected chi connectivity index (χ3v) is 4.52. The van der Waals surface area contributed by atoms with Gasteiger partial charge in [0.05, 0.1) is 10.7 Å². The Labute approximate surface area is 172 Å². The van der Waals surface area contributed by atoms with Crippen molar-refractivity contribution in [2.75, 3.05) is 10.6 Å². The molecule has 0 aliphatic heterocycles. The molecule has 0 atom stereocenters. The van der Waals surface area contributed by atoms with Crippen molar-refractivity contribution in [2.24, 2.45) is 0 Å². The summed E-state index contributed by atoms with van der Waals surface area (Å²) in [6.07, 6.45) is 0. The van der Waals surface area contributed by atoms with Gasteiger partial charge in [-0.3, -0.25) is 0 Å². The van der Waals surface area contributed by atoms with Gasteiger partial charge in [0.15, 0.2) is 0 Å². The van der Waals surface area contributed by atoms with Crippen LogP contribution in [-0.2, 0) is 0 Å². The molecule has 0 saturated heterocycles. The predicted molar refractivity (Wildman–Crippen MR) is 114 cm³/mol. The van der Waals surface area contributed by atoms with E-state index in [1.165, 1.54) is 0 Å². The number of amides is 2. The van der Waals surface area contributed by atoms with Crippen molar-refractivity contribution in [3.8, 4) is 22.9 Å². The Hall–Kier alpha value is -3.64. The summed E-state index contributed by atoms with van der Waals surface area (Å²) in [5, 5.41) is 14.2. The van der Waals surface area contributed by atoms with Crippen LogP contribution in [0.3, 0.4) is 0 Å². The number of carbonyl (C=O) groups is 1. The summed E-state index contributed by atoms with van der Waals surface area (Å²) in [5.41, 5.74) is 3.80. The Morgan fingerprint density at radius 3 is 2.17 bits per heavy atom. The van der Waals surface area contributed by atoms with Crippen molar-refractivity contribution in [3.63, 3.8) is 0 Å². The van der Waals surface area contributed by atoms with Crippen molar-refractivity contribution < 1.29 is 9.21 Å². The standard InChI is InChI=1S/C22H17ClN4O2/c1-14-7-12-19(18(23)13-14)25-22(28)24-17-10-8-16(9-11-17)21-27-26-20(29-21)15-5-3-2-4-6-15/h2-13H,1H3,(H2,24,25,28). The van der Waals surface area contributed by atoms with Crippen LogP contribution in [0.5, 0.6) is 0 Å². The maximum Gasteiger partial charge on any atom is 0.323 e. The van der Waals surface area contributed by atoms with Crippen molar-refractivity contribution in [2.45, 2.75) is 6.92 Å². The molecular weight excluding hydrogens is 388 g/mol. The molecule has 7 heteroatoms. The number of benzene rings is 3. The number of nitrogens with zero attached hydrogens (tertiary/aromatic N) is 2. The minimum absolute atomic E-state index is 0.382. The summed E-state index contributed by atoms with van der Waals surface area (Å²) >= 11 is 6.15. The lowest BCUT2D eigenvalue weighted by Gasteiger charge is -2.09. The highest BCUT2D eigenvalue weighted by molar-refractivity contribution is 6.33. The maximum atomic E-state index is 12.2. The van der Waals surface area contributed by atoms with E-state index in [1.54, 1.807) is 36.4 Å². The molecule has 3 aromatic carbocycles. The maximum absolute atomic E-state index is 12.2. The second kappa shape index (κ2) is 8.16. The fourth-order valence-electron chi connectivity index (χ4n) is 2.74. The number of carbonyl (C=O) groups excluding carboxylic acids is 1. The zero-order valence-electron chi connectivity index (χ0n) is 15.5. The molecule has 1 heterocycles. The number of nitrogens with one attached hydrogen (secondary N) is 2. The van der Waals surface area contributed by atoms with E-state index in [2.05, 4.69) is 20.8 Å². The number of rotatable bonds is 4. The molecule has 0 radical (unpaired) electrons. The lowest BCUT2D eigenvalue weighted by Crippen LogP contribution is -2.19. The van der Waals surface area contributed by atoms with Crippen LogP contribution < -0.4 is 10.6 Å². The first-order chi connectivity index (χ1) is 14.1. The van der Waals surface area contributed by atoms with Crippen LogP contribution >= 0.6 is 11.6 Å². The minimum atomic E-state index is -0.382. The number of aryl methyl sites for hydroxylation is 1. The van der Waals surface area contributed by atoms with E-state index >= 15 is 0 Å². The predicted octanol–water partition coefficient (Wildman–Crippen LogP) is 6.01. The van der Waals surface area contributed by atoms with E-state index in [4.69, 9.17) is 16.0 Å².